The van der Waals surface area contributed by atoms with Crippen LogP contribution in [0.4, 0.5) is 0 Å². The highest BCUT2D eigenvalue weighted by atomic mass is 16.3. The first kappa shape index (κ1) is 11.9. The molecule has 0 spiro atoms. The summed E-state index contributed by atoms with van der Waals surface area (Å²) in [5.41, 5.74) is -1.09. The molecule has 0 amide bonds. The van der Waals surface area contributed by atoms with Crippen molar-refractivity contribution in [1.29, 1.82) is 5.26 Å². The predicted octanol–water partition coefficient (Wildman–Crippen LogP) is 3.40. The van der Waals surface area contributed by atoms with Gasteiger partial charge in [0.2, 0.25) is 0 Å². The second kappa shape index (κ2) is 4.37. The fraction of sp³-hybridized carbons (Fsp3) is 0.929. The molecule has 2 rings (SSSR count). The van der Waals surface area contributed by atoms with E-state index in [4.69, 9.17) is 0 Å². The van der Waals surface area contributed by atoms with Crippen molar-refractivity contribution in [2.75, 3.05) is 0 Å². The molecule has 2 aliphatic rings. The number of hydrogen-bond acceptors (Lipinski definition) is 2. The highest BCUT2D eigenvalue weighted by Gasteiger charge is 2.53. The fourth-order valence-electron chi connectivity index (χ4n) is 3.70. The van der Waals surface area contributed by atoms with Gasteiger partial charge in [0.25, 0.3) is 0 Å². The first-order chi connectivity index (χ1) is 7.66. The summed E-state index contributed by atoms with van der Waals surface area (Å²) in [6.45, 7) is 2.23. The van der Waals surface area contributed by atoms with E-state index in [9.17, 15) is 10.4 Å². The van der Waals surface area contributed by atoms with Crippen LogP contribution in [0.1, 0.15) is 64.7 Å². The first-order valence-electron chi connectivity index (χ1n) is 6.79. The number of nitriles is 1. The van der Waals surface area contributed by atoms with Gasteiger partial charge in [0.15, 0.2) is 0 Å². The Bertz CT molecular complexity index is 278. The van der Waals surface area contributed by atoms with Gasteiger partial charge in [-0.25, -0.2) is 0 Å². The molecule has 90 valence electrons. The SMILES string of the molecule is CCC1CCC(C#N)(C2(O)CCCC2)CC1. The van der Waals surface area contributed by atoms with Crippen molar-refractivity contribution < 1.29 is 5.11 Å². The van der Waals surface area contributed by atoms with Crippen molar-refractivity contribution in [3.63, 3.8) is 0 Å². The van der Waals surface area contributed by atoms with Crippen molar-refractivity contribution >= 4 is 0 Å². The monoisotopic (exact) mass is 221 g/mol. The van der Waals surface area contributed by atoms with Gasteiger partial charge in [0, 0.05) is 0 Å². The van der Waals surface area contributed by atoms with Crippen LogP contribution in [-0.4, -0.2) is 10.7 Å². The molecule has 0 aliphatic heterocycles. The number of aliphatic hydroxyl groups is 1. The van der Waals surface area contributed by atoms with Crippen molar-refractivity contribution in [2.24, 2.45) is 11.3 Å². The molecule has 0 aromatic heterocycles. The van der Waals surface area contributed by atoms with Crippen LogP contribution in [-0.2, 0) is 0 Å². The first-order valence-corrected chi connectivity index (χ1v) is 6.79. The van der Waals surface area contributed by atoms with Gasteiger partial charge in [0.1, 0.15) is 0 Å². The Balaban J connectivity index is 2.13. The van der Waals surface area contributed by atoms with E-state index in [0.29, 0.717) is 0 Å². The van der Waals surface area contributed by atoms with E-state index < -0.39 is 11.0 Å². The molecule has 0 heterocycles. The second-order valence-corrected chi connectivity index (χ2v) is 5.78. The molecule has 0 saturated heterocycles. The lowest BCUT2D eigenvalue weighted by molar-refractivity contribution is -0.0728. The Morgan fingerprint density at radius 1 is 1.19 bits per heavy atom. The van der Waals surface area contributed by atoms with Gasteiger partial charge in [-0.1, -0.05) is 26.2 Å². The summed E-state index contributed by atoms with van der Waals surface area (Å²) >= 11 is 0. The van der Waals surface area contributed by atoms with Gasteiger partial charge in [0.05, 0.1) is 17.1 Å². The predicted molar refractivity (Wildman–Crippen MR) is 63.7 cm³/mol. The summed E-state index contributed by atoms with van der Waals surface area (Å²) in [5.74, 6) is 0.784. The van der Waals surface area contributed by atoms with Crippen molar-refractivity contribution in [1.82, 2.24) is 0 Å². The molecule has 2 nitrogen and oxygen atoms in total. The average molecular weight is 221 g/mol. The van der Waals surface area contributed by atoms with Crippen LogP contribution in [0.25, 0.3) is 0 Å². The zero-order valence-corrected chi connectivity index (χ0v) is 10.3. The molecule has 2 fully saturated rings. The number of nitrogens with zero attached hydrogens (tertiary/aromatic N) is 1. The molecule has 2 saturated carbocycles. The van der Waals surface area contributed by atoms with E-state index >= 15 is 0 Å². The van der Waals surface area contributed by atoms with Crippen LogP contribution in [0.15, 0.2) is 0 Å². The maximum Gasteiger partial charge on any atom is 0.0860 e. The highest BCUT2D eigenvalue weighted by molar-refractivity contribution is 5.14. The lowest BCUT2D eigenvalue weighted by Crippen LogP contribution is -2.47. The highest BCUT2D eigenvalue weighted by Crippen LogP contribution is 2.52. The molecule has 16 heavy (non-hydrogen) atoms. The third kappa shape index (κ3) is 1.76. The Morgan fingerprint density at radius 2 is 1.75 bits per heavy atom. The summed E-state index contributed by atoms with van der Waals surface area (Å²) in [5, 5.41) is 20.2. The summed E-state index contributed by atoms with van der Waals surface area (Å²) in [4.78, 5) is 0. The average Bonchev–Trinajstić information content (AvgIpc) is 2.78. The molecule has 0 unspecified atom stereocenters. The molecule has 0 atom stereocenters. The number of rotatable bonds is 2. The van der Waals surface area contributed by atoms with Crippen LogP contribution in [0.2, 0.25) is 0 Å². The van der Waals surface area contributed by atoms with E-state index in [1.165, 1.54) is 6.42 Å². The number of hydrogen-bond donors (Lipinski definition) is 1. The molecule has 0 bridgehead atoms. The summed E-state index contributed by atoms with van der Waals surface area (Å²) in [6, 6.07) is 2.49. The molecule has 2 aliphatic carbocycles. The largest absolute Gasteiger partial charge is 0.388 e. The maximum atomic E-state index is 10.7. The fourth-order valence-corrected chi connectivity index (χ4v) is 3.70. The van der Waals surface area contributed by atoms with Crippen LogP contribution in [0, 0.1) is 22.7 Å². The summed E-state index contributed by atoms with van der Waals surface area (Å²) in [6.07, 6.45) is 9.19. The van der Waals surface area contributed by atoms with Gasteiger partial charge in [-0.2, -0.15) is 5.26 Å². The van der Waals surface area contributed by atoms with E-state index in [1.54, 1.807) is 0 Å². The summed E-state index contributed by atoms with van der Waals surface area (Å²) in [7, 11) is 0. The quantitative estimate of drug-likeness (QED) is 0.776. The van der Waals surface area contributed by atoms with Crippen molar-refractivity contribution in [3.05, 3.63) is 0 Å². The molecule has 1 N–H and O–H groups in total. The zero-order chi connectivity index (χ0) is 11.6. The lowest BCUT2D eigenvalue weighted by atomic mass is 9.61. The third-order valence-electron chi connectivity index (χ3n) is 5.07. The normalized spacial score (nSPS) is 38.2. The smallest absolute Gasteiger partial charge is 0.0860 e. The Labute approximate surface area is 98.7 Å². The van der Waals surface area contributed by atoms with Gasteiger partial charge >= 0.3 is 0 Å². The minimum absolute atomic E-state index is 0.421. The topological polar surface area (TPSA) is 44.0 Å². The van der Waals surface area contributed by atoms with Crippen molar-refractivity contribution in [2.45, 2.75) is 70.3 Å². The van der Waals surface area contributed by atoms with E-state index in [2.05, 4.69) is 13.0 Å². The van der Waals surface area contributed by atoms with Crippen LogP contribution < -0.4 is 0 Å². The van der Waals surface area contributed by atoms with Crippen LogP contribution in [0.3, 0.4) is 0 Å². The second-order valence-electron chi connectivity index (χ2n) is 5.78. The van der Waals surface area contributed by atoms with E-state index in [-0.39, 0.29) is 0 Å². The molecular weight excluding hydrogens is 198 g/mol. The Kier molecular flexibility index (Phi) is 3.26. The molecule has 2 heteroatoms. The van der Waals surface area contributed by atoms with Gasteiger partial charge in [-0.05, 0) is 44.4 Å². The van der Waals surface area contributed by atoms with E-state index in [0.717, 1.165) is 57.3 Å². The summed E-state index contributed by atoms with van der Waals surface area (Å²) < 4.78 is 0. The van der Waals surface area contributed by atoms with Crippen LogP contribution >= 0.6 is 0 Å². The zero-order valence-electron chi connectivity index (χ0n) is 10.3. The minimum atomic E-state index is -0.666. The maximum absolute atomic E-state index is 10.7. The Morgan fingerprint density at radius 3 is 2.19 bits per heavy atom. The van der Waals surface area contributed by atoms with Crippen molar-refractivity contribution in [3.8, 4) is 6.07 Å². The van der Waals surface area contributed by atoms with E-state index in [1.807, 2.05) is 0 Å². The minimum Gasteiger partial charge on any atom is -0.388 e. The standard InChI is InChI=1S/C14H23NO/c1-2-12-5-9-13(11-15,10-6-12)14(16)7-3-4-8-14/h12,16H,2-10H2,1H3. The van der Waals surface area contributed by atoms with Gasteiger partial charge in [-0.3, -0.25) is 0 Å². The third-order valence-corrected chi connectivity index (χ3v) is 5.07. The van der Waals surface area contributed by atoms with Gasteiger partial charge in [-0.15, -0.1) is 0 Å². The molecule has 0 radical (unpaired) electrons. The molecule has 0 aromatic rings. The molecular formula is C14H23NO. The van der Waals surface area contributed by atoms with Crippen LogP contribution in [0.5, 0.6) is 0 Å². The molecule has 0 aromatic carbocycles. The lowest BCUT2D eigenvalue weighted by Gasteiger charge is -2.44. The Hall–Kier alpha value is -0.550. The van der Waals surface area contributed by atoms with Gasteiger partial charge < -0.3 is 5.11 Å².